The Hall–Kier alpha value is -1.17. The van der Waals surface area contributed by atoms with Gasteiger partial charge in [-0.1, -0.05) is 6.92 Å². The van der Waals surface area contributed by atoms with Crippen LogP contribution >= 0.6 is 11.8 Å². The van der Waals surface area contributed by atoms with Crippen LogP contribution in [0.15, 0.2) is 29.2 Å². The Kier molecular flexibility index (Phi) is 4.23. The molecule has 88 valence electrons. The van der Waals surface area contributed by atoms with Crippen LogP contribution in [0.5, 0.6) is 0 Å². The second-order valence-corrected chi connectivity index (χ2v) is 4.11. The summed E-state index contributed by atoms with van der Waals surface area (Å²) in [5.41, 5.74) is -3.79. The van der Waals surface area contributed by atoms with Crippen molar-refractivity contribution < 1.29 is 18.0 Å². The molecule has 0 aliphatic carbocycles. The normalized spacial score (nSPS) is 11.2. The standard InChI is InChI=1S/C10H10F3NOS/c1-2-9(15)14-7-3-5-8(6-4-7)16-10(11,12)13/h3-6H,2H2,1H3,(H,14,15). The summed E-state index contributed by atoms with van der Waals surface area (Å²) < 4.78 is 36.0. The lowest BCUT2D eigenvalue weighted by Gasteiger charge is -2.07. The number of carbonyl (C=O) groups excluding carboxylic acids is 1. The molecule has 0 aromatic heterocycles. The van der Waals surface area contributed by atoms with Gasteiger partial charge in [-0.05, 0) is 36.0 Å². The molecule has 0 heterocycles. The zero-order chi connectivity index (χ0) is 12.2. The van der Waals surface area contributed by atoms with E-state index in [1.165, 1.54) is 24.3 Å². The van der Waals surface area contributed by atoms with Gasteiger partial charge in [0.15, 0.2) is 0 Å². The maximum atomic E-state index is 12.0. The fourth-order valence-electron chi connectivity index (χ4n) is 0.989. The van der Waals surface area contributed by atoms with Crippen LogP contribution in [-0.4, -0.2) is 11.4 Å². The lowest BCUT2D eigenvalue weighted by atomic mass is 10.3. The van der Waals surface area contributed by atoms with Crippen LogP contribution in [0.2, 0.25) is 0 Å². The predicted molar refractivity (Wildman–Crippen MR) is 57.3 cm³/mol. The third-order valence-corrected chi connectivity index (χ3v) is 2.43. The molecule has 0 saturated carbocycles. The Bertz CT molecular complexity index is 361. The van der Waals surface area contributed by atoms with Gasteiger partial charge in [0.25, 0.3) is 0 Å². The van der Waals surface area contributed by atoms with Crippen LogP contribution in [0.3, 0.4) is 0 Å². The summed E-state index contributed by atoms with van der Waals surface area (Å²) in [6.07, 6.45) is 0.332. The average Bonchev–Trinajstić information content (AvgIpc) is 2.18. The second kappa shape index (κ2) is 5.25. The Balaban J connectivity index is 2.64. The van der Waals surface area contributed by atoms with Crippen molar-refractivity contribution in [2.75, 3.05) is 5.32 Å². The number of nitrogens with one attached hydrogen (secondary N) is 1. The molecular weight excluding hydrogens is 239 g/mol. The second-order valence-electron chi connectivity index (χ2n) is 2.97. The van der Waals surface area contributed by atoms with Crippen LogP contribution in [0.4, 0.5) is 18.9 Å². The summed E-state index contributed by atoms with van der Waals surface area (Å²) >= 11 is -0.179. The molecule has 1 aromatic carbocycles. The van der Waals surface area contributed by atoms with E-state index in [2.05, 4.69) is 5.32 Å². The van der Waals surface area contributed by atoms with Gasteiger partial charge in [0.2, 0.25) is 5.91 Å². The van der Waals surface area contributed by atoms with E-state index in [0.717, 1.165) is 0 Å². The van der Waals surface area contributed by atoms with Gasteiger partial charge in [0.05, 0.1) is 0 Å². The zero-order valence-corrected chi connectivity index (χ0v) is 9.28. The van der Waals surface area contributed by atoms with Gasteiger partial charge < -0.3 is 5.32 Å². The first-order chi connectivity index (χ1) is 7.40. The van der Waals surface area contributed by atoms with E-state index in [4.69, 9.17) is 0 Å². The highest BCUT2D eigenvalue weighted by Crippen LogP contribution is 2.36. The molecule has 16 heavy (non-hydrogen) atoms. The van der Waals surface area contributed by atoms with Crippen molar-refractivity contribution in [3.05, 3.63) is 24.3 Å². The van der Waals surface area contributed by atoms with Gasteiger partial charge >= 0.3 is 5.51 Å². The number of hydrogen-bond acceptors (Lipinski definition) is 2. The summed E-state index contributed by atoms with van der Waals surface area (Å²) in [4.78, 5) is 11.1. The number of hydrogen-bond donors (Lipinski definition) is 1. The first kappa shape index (κ1) is 12.9. The number of rotatable bonds is 3. The molecule has 0 saturated heterocycles. The third kappa shape index (κ3) is 4.57. The van der Waals surface area contributed by atoms with Crippen molar-refractivity contribution in [2.45, 2.75) is 23.7 Å². The number of halogens is 3. The minimum Gasteiger partial charge on any atom is -0.326 e. The van der Waals surface area contributed by atoms with Crippen LogP contribution < -0.4 is 5.32 Å². The molecular formula is C10H10F3NOS. The van der Waals surface area contributed by atoms with E-state index in [1.807, 2.05) is 0 Å². The predicted octanol–water partition coefficient (Wildman–Crippen LogP) is 3.65. The van der Waals surface area contributed by atoms with Crippen LogP contribution in [0.25, 0.3) is 0 Å². The first-order valence-corrected chi connectivity index (χ1v) is 5.38. The average molecular weight is 249 g/mol. The number of thioether (sulfide) groups is 1. The van der Waals surface area contributed by atoms with Gasteiger partial charge in [-0.25, -0.2) is 0 Å². The number of anilines is 1. The van der Waals surface area contributed by atoms with Gasteiger partial charge in [-0.15, -0.1) is 0 Å². The maximum absolute atomic E-state index is 12.0. The molecule has 0 spiro atoms. The molecule has 0 radical (unpaired) electrons. The van der Waals surface area contributed by atoms with Gasteiger partial charge in [-0.3, -0.25) is 4.79 Å². The molecule has 1 amide bonds. The highest BCUT2D eigenvalue weighted by molar-refractivity contribution is 8.00. The SMILES string of the molecule is CCC(=O)Nc1ccc(SC(F)(F)F)cc1. The molecule has 2 nitrogen and oxygen atoms in total. The molecule has 1 rings (SSSR count). The van der Waals surface area contributed by atoms with E-state index in [1.54, 1.807) is 6.92 Å². The molecule has 0 aliphatic heterocycles. The van der Waals surface area contributed by atoms with Crippen molar-refractivity contribution in [1.82, 2.24) is 0 Å². The van der Waals surface area contributed by atoms with Crippen molar-refractivity contribution >= 4 is 23.4 Å². The Morgan fingerprint density at radius 2 is 1.88 bits per heavy atom. The smallest absolute Gasteiger partial charge is 0.326 e. The minimum absolute atomic E-state index is 0.0991. The van der Waals surface area contributed by atoms with E-state index in [-0.39, 0.29) is 22.6 Å². The minimum atomic E-state index is -4.28. The van der Waals surface area contributed by atoms with E-state index >= 15 is 0 Å². The van der Waals surface area contributed by atoms with Gasteiger partial charge in [0.1, 0.15) is 0 Å². The van der Waals surface area contributed by atoms with Gasteiger partial charge in [0, 0.05) is 17.0 Å². The zero-order valence-electron chi connectivity index (χ0n) is 8.47. The van der Waals surface area contributed by atoms with Crippen molar-refractivity contribution in [3.63, 3.8) is 0 Å². The molecule has 6 heteroatoms. The third-order valence-electron chi connectivity index (χ3n) is 1.69. The number of alkyl halides is 3. The summed E-state index contributed by atoms with van der Waals surface area (Å²) in [6, 6.07) is 5.54. The lowest BCUT2D eigenvalue weighted by molar-refractivity contribution is -0.115. The van der Waals surface area contributed by atoms with E-state index in [0.29, 0.717) is 12.1 Å². The molecule has 1 N–H and O–H groups in total. The van der Waals surface area contributed by atoms with Crippen LogP contribution in [0.1, 0.15) is 13.3 Å². The molecule has 1 aromatic rings. The first-order valence-electron chi connectivity index (χ1n) is 4.56. The topological polar surface area (TPSA) is 29.1 Å². The Morgan fingerprint density at radius 1 is 1.31 bits per heavy atom. The summed E-state index contributed by atoms with van der Waals surface area (Å²) in [5, 5.41) is 2.55. The number of benzene rings is 1. The van der Waals surface area contributed by atoms with Crippen LogP contribution in [-0.2, 0) is 4.79 Å². The van der Waals surface area contributed by atoms with Crippen molar-refractivity contribution in [3.8, 4) is 0 Å². The van der Waals surface area contributed by atoms with Crippen molar-refractivity contribution in [2.24, 2.45) is 0 Å². The quantitative estimate of drug-likeness (QED) is 0.828. The summed E-state index contributed by atoms with van der Waals surface area (Å²) in [6.45, 7) is 1.70. The molecule has 0 fully saturated rings. The monoisotopic (exact) mass is 249 g/mol. The number of carbonyl (C=O) groups is 1. The highest BCUT2D eigenvalue weighted by Gasteiger charge is 2.28. The fraction of sp³-hybridized carbons (Fsp3) is 0.300. The maximum Gasteiger partial charge on any atom is 0.446 e. The summed E-state index contributed by atoms with van der Waals surface area (Å²) in [7, 11) is 0. The van der Waals surface area contributed by atoms with Gasteiger partial charge in [-0.2, -0.15) is 13.2 Å². The van der Waals surface area contributed by atoms with E-state index < -0.39 is 5.51 Å². The van der Waals surface area contributed by atoms with Crippen molar-refractivity contribution in [1.29, 1.82) is 0 Å². The fourth-order valence-corrected chi connectivity index (χ4v) is 1.53. The molecule has 0 atom stereocenters. The molecule has 0 bridgehead atoms. The summed E-state index contributed by atoms with van der Waals surface area (Å²) in [5.74, 6) is -0.170. The molecule has 0 unspecified atom stereocenters. The largest absolute Gasteiger partial charge is 0.446 e. The van der Waals surface area contributed by atoms with E-state index in [9.17, 15) is 18.0 Å². The lowest BCUT2D eigenvalue weighted by Crippen LogP contribution is -2.09. The Labute approximate surface area is 95.2 Å². The van der Waals surface area contributed by atoms with Crippen LogP contribution in [0, 0.1) is 0 Å². The Morgan fingerprint density at radius 3 is 2.31 bits per heavy atom. The molecule has 0 aliphatic rings. The number of amides is 1. The highest BCUT2D eigenvalue weighted by atomic mass is 32.2.